The smallest absolute Gasteiger partial charge is 0.417 e. The van der Waals surface area contributed by atoms with Gasteiger partial charge in [0.25, 0.3) is 0 Å². The zero-order chi connectivity index (χ0) is 48.1. The summed E-state index contributed by atoms with van der Waals surface area (Å²) in [5, 5.41) is 0. The van der Waals surface area contributed by atoms with Crippen LogP contribution in [-0.4, -0.2) is 102 Å². The number of aromatic nitrogens is 2. The fraction of sp³-hybridized carbons (Fsp3) is 0.549. The lowest BCUT2D eigenvalue weighted by atomic mass is 9.90. The number of alkyl halides is 4. The minimum Gasteiger partial charge on any atom is -0.497 e. The number of halogens is 5. The first-order valence-electron chi connectivity index (χ1n) is 23.6. The molecule has 5 aliphatic heterocycles. The molecule has 68 heavy (non-hydrogen) atoms. The molecule has 1 aromatic heterocycles. The molecule has 5 atom stereocenters. The lowest BCUT2D eigenvalue weighted by molar-refractivity contribution is -0.140. The van der Waals surface area contributed by atoms with Gasteiger partial charge >= 0.3 is 18.3 Å². The molecule has 4 saturated heterocycles. The first kappa shape index (κ1) is 47.6. The fourth-order valence-corrected chi connectivity index (χ4v) is 11.1. The molecule has 3 aromatic carbocycles. The third-order valence-electron chi connectivity index (χ3n) is 14.3. The molecule has 4 fully saturated rings. The molecule has 4 aromatic rings. The Morgan fingerprint density at radius 2 is 1.57 bits per heavy atom. The lowest BCUT2D eigenvalue weighted by Gasteiger charge is -2.35. The summed E-state index contributed by atoms with van der Waals surface area (Å²) in [5.74, 6) is 0.699. The van der Waals surface area contributed by atoms with E-state index in [4.69, 9.17) is 33.7 Å². The summed E-state index contributed by atoms with van der Waals surface area (Å²) in [6.07, 6.45) is -3.73. The molecule has 366 valence electrons. The first-order valence-corrected chi connectivity index (χ1v) is 23.6. The van der Waals surface area contributed by atoms with Crippen LogP contribution < -0.4 is 24.0 Å². The molecule has 0 radical (unpaired) electrons. The summed E-state index contributed by atoms with van der Waals surface area (Å²) in [5.41, 5.74) is -0.570. The van der Waals surface area contributed by atoms with Crippen molar-refractivity contribution in [2.75, 3.05) is 56.8 Å². The van der Waals surface area contributed by atoms with E-state index in [1.165, 1.54) is 13.0 Å². The lowest BCUT2D eigenvalue weighted by Crippen LogP contribution is -2.45. The predicted molar refractivity (Wildman–Crippen MR) is 246 cm³/mol. The van der Waals surface area contributed by atoms with Gasteiger partial charge in [-0.3, -0.25) is 4.90 Å². The van der Waals surface area contributed by atoms with Crippen molar-refractivity contribution in [2.24, 2.45) is 0 Å². The predicted octanol–water partition coefficient (Wildman–Crippen LogP) is 9.91. The second-order valence-corrected chi connectivity index (χ2v) is 20.0. The second kappa shape index (κ2) is 18.8. The summed E-state index contributed by atoms with van der Waals surface area (Å²) >= 11 is 0. The van der Waals surface area contributed by atoms with Crippen LogP contribution in [0, 0.1) is 12.7 Å². The average Bonchev–Trinajstić information content (AvgIpc) is 3.93. The van der Waals surface area contributed by atoms with Crippen LogP contribution in [-0.2, 0) is 41.8 Å². The van der Waals surface area contributed by atoms with Gasteiger partial charge in [0.05, 0.1) is 55.5 Å². The number of benzene rings is 3. The van der Waals surface area contributed by atoms with Crippen molar-refractivity contribution >= 4 is 17.6 Å². The van der Waals surface area contributed by atoms with Crippen molar-refractivity contribution in [1.29, 1.82) is 0 Å². The van der Waals surface area contributed by atoms with Crippen LogP contribution in [0.15, 0.2) is 54.6 Å². The molecule has 0 spiro atoms. The Kier molecular flexibility index (Phi) is 13.2. The second-order valence-electron chi connectivity index (χ2n) is 20.0. The Labute approximate surface area is 394 Å². The Morgan fingerprint density at radius 1 is 0.912 bits per heavy atom. The van der Waals surface area contributed by atoms with Gasteiger partial charge in [-0.25, -0.2) is 13.6 Å². The van der Waals surface area contributed by atoms with E-state index in [0.29, 0.717) is 61.1 Å². The van der Waals surface area contributed by atoms with Crippen LogP contribution in [0.5, 0.6) is 17.5 Å². The number of hydrogen-bond donors (Lipinski definition) is 0. The molecule has 0 N–H and O–H groups in total. The molecule has 5 aliphatic rings. The van der Waals surface area contributed by atoms with Gasteiger partial charge in [-0.1, -0.05) is 24.3 Å². The summed E-state index contributed by atoms with van der Waals surface area (Å²) in [4.78, 5) is 31.2. The molecule has 1 unspecified atom stereocenters. The van der Waals surface area contributed by atoms with E-state index in [9.17, 15) is 9.18 Å². The van der Waals surface area contributed by atoms with Gasteiger partial charge in [0.1, 0.15) is 35.7 Å². The molecule has 6 heterocycles. The molecule has 0 saturated carbocycles. The van der Waals surface area contributed by atoms with Crippen molar-refractivity contribution in [3.8, 4) is 17.5 Å². The number of carbonyl (C=O) groups is 1. The molecular weight excluding hydrogens is 888 g/mol. The standard InChI is InChI=1S/C51H61F5N6O6/c1-31-22-41(60(25-32-8-14-37(64-5)15-9-32)26-33-10-16-38(65-6)17-11-33)45(53)43(44(31)51(54,55)56)42-23-40-39(29-66-42)46(58-47(57-40)67-30-50-19-7-20-61(50)27-34(52)24-50)59-21-18-35-12-13-36(28-59)62(35)48(63)68-49(2,3)4/h8-11,14-17,22,34-36,42H,7,12-13,18-21,23-30H2,1-6H3/t34-,35-,36+,42?,50+/m1/s1. The van der Waals surface area contributed by atoms with Crippen LogP contribution in [0.1, 0.15) is 104 Å². The normalized spacial score (nSPS) is 23.8. The Hall–Kier alpha value is -5.42. The van der Waals surface area contributed by atoms with Crippen LogP contribution in [0.2, 0.25) is 0 Å². The highest BCUT2D eigenvalue weighted by Crippen LogP contribution is 2.47. The number of fused-ring (bicyclic) bond motifs is 4. The van der Waals surface area contributed by atoms with Crippen molar-refractivity contribution < 1.29 is 50.4 Å². The van der Waals surface area contributed by atoms with Crippen LogP contribution in [0.3, 0.4) is 0 Å². The number of methoxy groups -OCH3 is 2. The maximum Gasteiger partial charge on any atom is 0.417 e. The Bertz CT molecular complexity index is 2420. The van der Waals surface area contributed by atoms with Crippen molar-refractivity contribution in [3.63, 3.8) is 0 Å². The summed E-state index contributed by atoms with van der Waals surface area (Å²) in [6, 6.07) is 15.5. The van der Waals surface area contributed by atoms with E-state index < -0.39 is 46.5 Å². The molecule has 17 heteroatoms. The maximum atomic E-state index is 17.7. The molecule has 12 nitrogen and oxygen atoms in total. The zero-order valence-electron chi connectivity index (χ0n) is 39.6. The molecule has 2 bridgehead atoms. The van der Waals surface area contributed by atoms with Crippen LogP contribution >= 0.6 is 0 Å². The van der Waals surface area contributed by atoms with Gasteiger partial charge in [-0.15, -0.1) is 0 Å². The highest BCUT2D eigenvalue weighted by atomic mass is 19.4. The Balaban J connectivity index is 1.10. The number of aryl methyl sites for hydroxylation is 1. The van der Waals surface area contributed by atoms with Gasteiger partial charge in [0, 0.05) is 62.7 Å². The van der Waals surface area contributed by atoms with Gasteiger partial charge in [0.15, 0.2) is 5.82 Å². The minimum absolute atomic E-state index is 0.00736. The number of rotatable bonds is 12. The molecular formula is C51H61F5N6O6. The molecule has 0 aliphatic carbocycles. The van der Waals surface area contributed by atoms with E-state index in [-0.39, 0.29) is 68.2 Å². The van der Waals surface area contributed by atoms with E-state index in [1.54, 1.807) is 43.4 Å². The number of amides is 1. The topological polar surface area (TPSA) is 102 Å². The summed E-state index contributed by atoms with van der Waals surface area (Å²) < 4.78 is 108. The fourth-order valence-electron chi connectivity index (χ4n) is 11.1. The zero-order valence-corrected chi connectivity index (χ0v) is 39.6. The number of nitrogens with zero attached hydrogens (tertiary/aromatic N) is 6. The van der Waals surface area contributed by atoms with Crippen LogP contribution in [0.4, 0.5) is 38.3 Å². The molecule has 1 amide bonds. The van der Waals surface area contributed by atoms with Crippen molar-refractivity contribution in [2.45, 2.75) is 134 Å². The van der Waals surface area contributed by atoms with E-state index >= 15 is 17.6 Å². The highest BCUT2D eigenvalue weighted by molar-refractivity contribution is 5.70. The SMILES string of the molecule is COc1ccc(CN(Cc2ccc(OC)cc2)c2cc(C)c(C(F)(F)F)c(C3Cc4nc(OC[C@@]56CCCN5C[C@H](F)C6)nc(N5CC[C@H]6CC[C@@H](C5)N6C(=O)OC(C)(C)C)c4CO3)c2F)cc1. The molecule has 9 rings (SSSR count). The van der Waals surface area contributed by atoms with Gasteiger partial charge in [-0.2, -0.15) is 23.1 Å². The minimum atomic E-state index is -4.93. The highest BCUT2D eigenvalue weighted by Gasteiger charge is 2.50. The first-order chi connectivity index (χ1) is 32.4. The van der Waals surface area contributed by atoms with E-state index in [2.05, 4.69) is 9.80 Å². The van der Waals surface area contributed by atoms with E-state index in [1.807, 2.05) is 49.9 Å². The van der Waals surface area contributed by atoms with Crippen molar-refractivity contribution in [3.05, 3.63) is 99.5 Å². The summed E-state index contributed by atoms with van der Waals surface area (Å²) in [6.45, 7) is 9.12. The monoisotopic (exact) mass is 948 g/mol. The van der Waals surface area contributed by atoms with Gasteiger partial charge in [0.2, 0.25) is 0 Å². The third kappa shape index (κ3) is 9.74. The largest absolute Gasteiger partial charge is 0.497 e. The quantitative estimate of drug-likeness (QED) is 0.127. The van der Waals surface area contributed by atoms with Gasteiger partial charge in [-0.05, 0) is 113 Å². The van der Waals surface area contributed by atoms with E-state index in [0.717, 1.165) is 43.4 Å². The number of anilines is 2. The maximum absolute atomic E-state index is 17.7. The Morgan fingerprint density at radius 3 is 2.21 bits per heavy atom. The number of ether oxygens (including phenoxy) is 5. The summed E-state index contributed by atoms with van der Waals surface area (Å²) in [7, 11) is 3.11. The van der Waals surface area contributed by atoms with Gasteiger partial charge < -0.3 is 38.4 Å². The number of hydrogen-bond acceptors (Lipinski definition) is 11. The average molecular weight is 949 g/mol. The van der Waals surface area contributed by atoms with Crippen molar-refractivity contribution in [1.82, 2.24) is 19.8 Å². The number of carbonyl (C=O) groups excluding carboxylic acids is 1. The van der Waals surface area contributed by atoms with Crippen LogP contribution in [0.25, 0.3) is 0 Å². The third-order valence-corrected chi connectivity index (χ3v) is 14.3.